The number of hydrogen-bond donors (Lipinski definition) is 3. The fourth-order valence-corrected chi connectivity index (χ4v) is 2.07. The summed E-state index contributed by atoms with van der Waals surface area (Å²) in [7, 11) is 0. The number of amides is 2. The molecule has 0 fully saturated rings. The smallest absolute Gasteiger partial charge is 0.326 e. The Morgan fingerprint density at radius 2 is 1.83 bits per heavy atom. The largest absolute Gasteiger partial charge is 0.480 e. The normalized spacial score (nSPS) is 11.5. The molecule has 1 aromatic carbocycles. The van der Waals surface area contributed by atoms with Crippen molar-refractivity contribution < 1.29 is 19.5 Å². The minimum absolute atomic E-state index is 0.183. The summed E-state index contributed by atoms with van der Waals surface area (Å²) in [5.41, 5.74) is 0.572. The third-order valence-corrected chi connectivity index (χ3v) is 3.38. The predicted octanol–water partition coefficient (Wildman–Crippen LogP) is 1.96. The van der Waals surface area contributed by atoms with Crippen LogP contribution in [0.2, 0.25) is 0 Å². The Balaban J connectivity index is 2.25. The first-order valence-electron chi connectivity index (χ1n) is 7.90. The van der Waals surface area contributed by atoms with Crippen molar-refractivity contribution in [2.75, 3.05) is 6.54 Å². The molecule has 126 valence electrons. The van der Waals surface area contributed by atoms with E-state index in [2.05, 4.69) is 10.6 Å². The van der Waals surface area contributed by atoms with Crippen LogP contribution < -0.4 is 10.6 Å². The molecule has 0 aliphatic carbocycles. The maximum atomic E-state index is 11.8. The lowest BCUT2D eigenvalue weighted by molar-refractivity contribution is -0.142. The molecular weight excluding hydrogens is 296 g/mol. The number of nitrogens with one attached hydrogen (secondary N) is 2. The molecular formula is C17H24N2O4. The Bertz CT molecular complexity index is 517. The average Bonchev–Trinajstić information content (AvgIpc) is 2.55. The van der Waals surface area contributed by atoms with Gasteiger partial charge in [-0.15, -0.1) is 0 Å². The van der Waals surface area contributed by atoms with Crippen LogP contribution in [0.3, 0.4) is 0 Å². The van der Waals surface area contributed by atoms with Crippen LogP contribution in [0.5, 0.6) is 0 Å². The molecule has 1 atom stereocenters. The fourth-order valence-electron chi connectivity index (χ4n) is 2.07. The molecule has 23 heavy (non-hydrogen) atoms. The van der Waals surface area contributed by atoms with E-state index < -0.39 is 12.0 Å². The molecule has 0 aromatic heterocycles. The first kappa shape index (κ1) is 18.7. The highest BCUT2D eigenvalue weighted by atomic mass is 16.4. The third kappa shape index (κ3) is 7.44. The molecule has 6 nitrogen and oxygen atoms in total. The van der Waals surface area contributed by atoms with Crippen molar-refractivity contribution in [1.29, 1.82) is 0 Å². The van der Waals surface area contributed by atoms with Crippen LogP contribution >= 0.6 is 0 Å². The molecule has 3 N–H and O–H groups in total. The fraction of sp³-hybridized carbons (Fsp3) is 0.471. The van der Waals surface area contributed by atoms with Crippen molar-refractivity contribution in [3.05, 3.63) is 35.9 Å². The number of carboxylic acids is 1. The lowest BCUT2D eigenvalue weighted by atomic mass is 10.1. The van der Waals surface area contributed by atoms with E-state index in [-0.39, 0.29) is 18.2 Å². The van der Waals surface area contributed by atoms with Crippen LogP contribution in [0.25, 0.3) is 0 Å². The maximum absolute atomic E-state index is 11.8. The van der Waals surface area contributed by atoms with Gasteiger partial charge in [0.2, 0.25) is 5.91 Å². The Morgan fingerprint density at radius 3 is 2.43 bits per heavy atom. The number of carbonyl (C=O) groups is 3. The second kappa shape index (κ2) is 10.4. The highest BCUT2D eigenvalue weighted by Gasteiger charge is 2.18. The molecule has 6 heteroatoms. The quantitative estimate of drug-likeness (QED) is 0.574. The number of benzene rings is 1. The van der Waals surface area contributed by atoms with Gasteiger partial charge in [-0.05, 0) is 25.0 Å². The first-order valence-corrected chi connectivity index (χ1v) is 7.90. The van der Waals surface area contributed by atoms with E-state index in [9.17, 15) is 14.4 Å². The summed E-state index contributed by atoms with van der Waals surface area (Å²) >= 11 is 0. The minimum atomic E-state index is -1.01. The SMILES string of the molecule is CCCC[C@H](NC(=O)CCCNC(=O)c1ccccc1)C(=O)O. The van der Waals surface area contributed by atoms with Crippen molar-refractivity contribution in [3.8, 4) is 0 Å². The Kier molecular flexibility index (Phi) is 8.42. The van der Waals surface area contributed by atoms with E-state index >= 15 is 0 Å². The molecule has 0 spiro atoms. The van der Waals surface area contributed by atoms with E-state index in [1.165, 1.54) is 0 Å². The van der Waals surface area contributed by atoms with E-state index in [1.54, 1.807) is 24.3 Å². The summed E-state index contributed by atoms with van der Waals surface area (Å²) in [4.78, 5) is 34.6. The summed E-state index contributed by atoms with van der Waals surface area (Å²) in [6.45, 7) is 2.34. The summed E-state index contributed by atoms with van der Waals surface area (Å²) in [6, 6.07) is 8.00. The molecule has 1 aromatic rings. The lowest BCUT2D eigenvalue weighted by Gasteiger charge is -2.14. The number of hydrogen-bond acceptors (Lipinski definition) is 3. The van der Waals surface area contributed by atoms with Crippen LogP contribution in [0, 0.1) is 0 Å². The second-order valence-corrected chi connectivity index (χ2v) is 5.33. The topological polar surface area (TPSA) is 95.5 Å². The van der Waals surface area contributed by atoms with Gasteiger partial charge in [0.15, 0.2) is 0 Å². The van der Waals surface area contributed by atoms with Crippen molar-refractivity contribution in [2.24, 2.45) is 0 Å². The number of carbonyl (C=O) groups excluding carboxylic acids is 2. The minimum Gasteiger partial charge on any atom is -0.480 e. The van der Waals surface area contributed by atoms with Crippen molar-refractivity contribution in [3.63, 3.8) is 0 Å². The predicted molar refractivity (Wildman–Crippen MR) is 87.1 cm³/mol. The van der Waals surface area contributed by atoms with Crippen molar-refractivity contribution in [2.45, 2.75) is 45.1 Å². The standard InChI is InChI=1S/C17H24N2O4/c1-2-3-10-14(17(22)23)19-15(20)11-7-12-18-16(21)13-8-5-4-6-9-13/h4-6,8-9,14H,2-3,7,10-12H2,1H3,(H,18,21)(H,19,20)(H,22,23)/t14-/m0/s1. The van der Waals surface area contributed by atoms with Gasteiger partial charge in [-0.1, -0.05) is 38.0 Å². The molecule has 0 aliphatic heterocycles. The highest BCUT2D eigenvalue weighted by molar-refractivity contribution is 5.94. The summed E-state index contributed by atoms with van der Waals surface area (Å²) in [5.74, 6) is -1.50. The zero-order valence-electron chi connectivity index (χ0n) is 13.4. The van der Waals surface area contributed by atoms with Gasteiger partial charge in [-0.25, -0.2) is 4.79 Å². The summed E-state index contributed by atoms with van der Waals surface area (Å²) in [6.07, 6.45) is 2.72. The molecule has 0 saturated heterocycles. The van der Waals surface area contributed by atoms with Crippen LogP contribution in [-0.2, 0) is 9.59 Å². The van der Waals surface area contributed by atoms with E-state index in [4.69, 9.17) is 5.11 Å². The third-order valence-electron chi connectivity index (χ3n) is 3.38. The molecule has 0 saturated carbocycles. The van der Waals surface area contributed by atoms with Gasteiger partial charge in [0.05, 0.1) is 0 Å². The molecule has 0 radical (unpaired) electrons. The average molecular weight is 320 g/mol. The Labute approximate surface area is 136 Å². The summed E-state index contributed by atoms with van der Waals surface area (Å²) < 4.78 is 0. The van der Waals surface area contributed by atoms with E-state index in [0.717, 1.165) is 12.8 Å². The number of rotatable bonds is 10. The zero-order valence-corrected chi connectivity index (χ0v) is 13.4. The van der Waals surface area contributed by atoms with Crippen LogP contribution in [-0.4, -0.2) is 35.5 Å². The Hall–Kier alpha value is -2.37. The monoisotopic (exact) mass is 320 g/mol. The van der Waals surface area contributed by atoms with Crippen molar-refractivity contribution >= 4 is 17.8 Å². The van der Waals surface area contributed by atoms with Crippen LogP contribution in [0.15, 0.2) is 30.3 Å². The van der Waals surface area contributed by atoms with Gasteiger partial charge < -0.3 is 15.7 Å². The molecule has 0 aliphatic rings. The molecule has 0 unspecified atom stereocenters. The zero-order chi connectivity index (χ0) is 17.1. The molecule has 0 heterocycles. The van der Waals surface area contributed by atoms with Gasteiger partial charge >= 0.3 is 5.97 Å². The Morgan fingerprint density at radius 1 is 1.13 bits per heavy atom. The van der Waals surface area contributed by atoms with Crippen LogP contribution in [0.1, 0.15) is 49.4 Å². The van der Waals surface area contributed by atoms with Gasteiger partial charge in [-0.2, -0.15) is 0 Å². The highest BCUT2D eigenvalue weighted by Crippen LogP contribution is 2.02. The molecule has 2 amide bonds. The van der Waals surface area contributed by atoms with E-state index in [0.29, 0.717) is 24.9 Å². The van der Waals surface area contributed by atoms with Crippen LogP contribution in [0.4, 0.5) is 0 Å². The van der Waals surface area contributed by atoms with Crippen molar-refractivity contribution in [1.82, 2.24) is 10.6 Å². The summed E-state index contributed by atoms with van der Waals surface area (Å²) in [5, 5.41) is 14.3. The number of aliphatic carboxylic acids is 1. The van der Waals surface area contributed by atoms with Gasteiger partial charge in [0.25, 0.3) is 5.91 Å². The number of carboxylic acid groups (broad SMARTS) is 1. The van der Waals surface area contributed by atoms with Gasteiger partial charge in [0.1, 0.15) is 6.04 Å². The molecule has 0 bridgehead atoms. The van der Waals surface area contributed by atoms with E-state index in [1.807, 2.05) is 13.0 Å². The lowest BCUT2D eigenvalue weighted by Crippen LogP contribution is -2.40. The second-order valence-electron chi connectivity index (χ2n) is 5.33. The van der Waals surface area contributed by atoms with Gasteiger partial charge in [-0.3, -0.25) is 9.59 Å². The first-order chi connectivity index (χ1) is 11.0. The number of unbranched alkanes of at least 4 members (excludes halogenated alkanes) is 1. The maximum Gasteiger partial charge on any atom is 0.326 e. The van der Waals surface area contributed by atoms with Gasteiger partial charge in [0, 0.05) is 18.5 Å². The molecule has 1 rings (SSSR count).